The van der Waals surface area contributed by atoms with Crippen LogP contribution in [0.2, 0.25) is 10.0 Å². The molecule has 2 aromatic carbocycles. The molecule has 0 aliphatic carbocycles. The molecule has 1 aliphatic rings. The molecule has 0 N–H and O–H groups in total. The van der Waals surface area contributed by atoms with E-state index in [1.54, 1.807) is 25.1 Å². The largest absolute Gasteiger partial charge is 0.476 e. The Morgan fingerprint density at radius 3 is 2.70 bits per heavy atom. The van der Waals surface area contributed by atoms with Gasteiger partial charge >= 0.3 is 5.63 Å². The molecule has 0 spiro atoms. The first-order valence-electron chi connectivity index (χ1n) is 8.40. The minimum atomic E-state index is -0.390. The molecule has 3 aromatic rings. The maximum Gasteiger partial charge on any atom is 0.339 e. The van der Waals surface area contributed by atoms with Crippen LogP contribution in [0.1, 0.15) is 22.3 Å². The van der Waals surface area contributed by atoms with E-state index < -0.39 is 5.63 Å². The van der Waals surface area contributed by atoms with E-state index in [2.05, 4.69) is 0 Å². The van der Waals surface area contributed by atoms with Crippen LogP contribution < -0.4 is 10.4 Å². The lowest BCUT2D eigenvalue weighted by Gasteiger charge is -2.30. The third-order valence-electron chi connectivity index (χ3n) is 4.96. The standard InChI is InChI=1S/C20H16Cl2FNO3/c1-10-11(2)20(25)27-18-12(10)6-16(22)19-14(18)8-24(9-26-19)7-13-15(21)4-3-5-17(13)23/h3-6H,7-9H2,1-2H3. The molecule has 7 heteroatoms. The highest BCUT2D eigenvalue weighted by Crippen LogP contribution is 2.40. The zero-order chi connectivity index (χ0) is 19.3. The van der Waals surface area contributed by atoms with E-state index in [0.717, 1.165) is 10.9 Å². The quantitative estimate of drug-likeness (QED) is 0.547. The van der Waals surface area contributed by atoms with Gasteiger partial charge in [0.2, 0.25) is 0 Å². The summed E-state index contributed by atoms with van der Waals surface area (Å²) in [4.78, 5) is 14.0. The molecule has 2 heterocycles. The Morgan fingerprint density at radius 1 is 1.19 bits per heavy atom. The van der Waals surface area contributed by atoms with Crippen molar-refractivity contribution in [1.82, 2.24) is 4.90 Å². The fraction of sp³-hybridized carbons (Fsp3) is 0.250. The van der Waals surface area contributed by atoms with Crippen LogP contribution in [-0.2, 0) is 13.1 Å². The van der Waals surface area contributed by atoms with Gasteiger partial charge < -0.3 is 9.15 Å². The van der Waals surface area contributed by atoms with E-state index in [9.17, 15) is 9.18 Å². The number of halogens is 3. The van der Waals surface area contributed by atoms with Gasteiger partial charge in [0.05, 0.1) is 10.6 Å². The topological polar surface area (TPSA) is 42.7 Å². The molecule has 0 radical (unpaired) electrons. The highest BCUT2D eigenvalue weighted by Gasteiger charge is 2.26. The molecular weight excluding hydrogens is 392 g/mol. The number of rotatable bonds is 2. The number of benzene rings is 2. The predicted molar refractivity (Wildman–Crippen MR) is 103 cm³/mol. The van der Waals surface area contributed by atoms with Crippen molar-refractivity contribution in [3.05, 3.63) is 72.8 Å². The monoisotopic (exact) mass is 407 g/mol. The number of nitrogens with zero attached hydrogens (tertiary/aromatic N) is 1. The van der Waals surface area contributed by atoms with Crippen molar-refractivity contribution < 1.29 is 13.5 Å². The van der Waals surface area contributed by atoms with Crippen LogP contribution >= 0.6 is 23.2 Å². The summed E-state index contributed by atoms with van der Waals surface area (Å²) in [6.45, 7) is 4.45. The van der Waals surface area contributed by atoms with Crippen LogP contribution in [0.4, 0.5) is 4.39 Å². The van der Waals surface area contributed by atoms with Crippen LogP contribution in [0.15, 0.2) is 33.5 Å². The average Bonchev–Trinajstić information content (AvgIpc) is 2.64. The smallest absolute Gasteiger partial charge is 0.339 e. The van der Waals surface area contributed by atoms with E-state index in [1.165, 1.54) is 6.07 Å². The van der Waals surface area contributed by atoms with Crippen molar-refractivity contribution in [3.63, 3.8) is 0 Å². The second kappa shape index (κ2) is 6.82. The minimum Gasteiger partial charge on any atom is -0.476 e. The number of hydrogen-bond donors (Lipinski definition) is 0. The van der Waals surface area contributed by atoms with Crippen LogP contribution in [0.25, 0.3) is 11.0 Å². The van der Waals surface area contributed by atoms with Crippen molar-refractivity contribution >= 4 is 34.2 Å². The molecule has 4 nitrogen and oxygen atoms in total. The summed E-state index contributed by atoms with van der Waals surface area (Å²) >= 11 is 12.5. The van der Waals surface area contributed by atoms with Gasteiger partial charge in [0.15, 0.2) is 0 Å². The highest BCUT2D eigenvalue weighted by atomic mass is 35.5. The van der Waals surface area contributed by atoms with Gasteiger partial charge in [-0.05, 0) is 37.6 Å². The first kappa shape index (κ1) is 18.3. The Bertz CT molecular complexity index is 1110. The zero-order valence-electron chi connectivity index (χ0n) is 14.7. The Labute approximate surface area is 165 Å². The summed E-state index contributed by atoms with van der Waals surface area (Å²) in [6.07, 6.45) is 0. The van der Waals surface area contributed by atoms with Crippen molar-refractivity contribution in [1.29, 1.82) is 0 Å². The maximum absolute atomic E-state index is 14.1. The van der Waals surface area contributed by atoms with Crippen molar-refractivity contribution in [2.24, 2.45) is 0 Å². The van der Waals surface area contributed by atoms with Gasteiger partial charge in [-0.25, -0.2) is 9.18 Å². The second-order valence-electron chi connectivity index (χ2n) is 6.64. The Morgan fingerprint density at radius 2 is 1.96 bits per heavy atom. The van der Waals surface area contributed by atoms with Gasteiger partial charge in [0.25, 0.3) is 0 Å². The fourth-order valence-electron chi connectivity index (χ4n) is 3.32. The number of aryl methyl sites for hydroxylation is 1. The molecule has 1 aromatic heterocycles. The van der Waals surface area contributed by atoms with E-state index >= 15 is 0 Å². The molecule has 0 saturated carbocycles. The molecule has 27 heavy (non-hydrogen) atoms. The lowest BCUT2D eigenvalue weighted by Crippen LogP contribution is -2.32. The Hall–Kier alpha value is -2.08. The first-order chi connectivity index (χ1) is 12.9. The highest BCUT2D eigenvalue weighted by molar-refractivity contribution is 6.33. The zero-order valence-corrected chi connectivity index (χ0v) is 16.2. The van der Waals surface area contributed by atoms with Gasteiger partial charge in [-0.15, -0.1) is 0 Å². The molecule has 1 aliphatic heterocycles. The van der Waals surface area contributed by atoms with Gasteiger partial charge in [-0.1, -0.05) is 29.3 Å². The van der Waals surface area contributed by atoms with E-state index in [4.69, 9.17) is 32.4 Å². The van der Waals surface area contributed by atoms with Crippen molar-refractivity contribution in [3.8, 4) is 5.75 Å². The van der Waals surface area contributed by atoms with Crippen LogP contribution in [0, 0.1) is 19.7 Å². The SMILES string of the molecule is Cc1c(C)c2cc(Cl)c3c(c2oc1=O)CN(Cc1c(F)cccc1Cl)CO3. The fourth-order valence-corrected chi connectivity index (χ4v) is 3.82. The molecule has 4 rings (SSSR count). The summed E-state index contributed by atoms with van der Waals surface area (Å²) in [5.74, 6) is 0.119. The lowest BCUT2D eigenvalue weighted by atomic mass is 10.0. The molecule has 0 unspecified atom stereocenters. The molecular formula is C20H16Cl2FNO3. The van der Waals surface area contributed by atoms with Crippen molar-refractivity contribution in [2.45, 2.75) is 26.9 Å². The molecule has 0 saturated heterocycles. The van der Waals surface area contributed by atoms with Gasteiger partial charge in [-0.3, -0.25) is 4.90 Å². The maximum atomic E-state index is 14.1. The number of hydrogen-bond acceptors (Lipinski definition) is 4. The van der Waals surface area contributed by atoms with Gasteiger partial charge in [0, 0.05) is 34.6 Å². The summed E-state index contributed by atoms with van der Waals surface area (Å²) < 4.78 is 25.5. The molecule has 0 fully saturated rings. The summed E-state index contributed by atoms with van der Waals surface area (Å²) in [7, 11) is 0. The summed E-state index contributed by atoms with van der Waals surface area (Å²) in [6, 6.07) is 6.34. The second-order valence-corrected chi connectivity index (χ2v) is 7.46. The van der Waals surface area contributed by atoms with Crippen LogP contribution in [0.3, 0.4) is 0 Å². The molecule has 0 bridgehead atoms. The Balaban J connectivity index is 1.79. The Kier molecular flexibility index (Phi) is 4.62. The minimum absolute atomic E-state index is 0.220. The number of fused-ring (bicyclic) bond motifs is 3. The van der Waals surface area contributed by atoms with Gasteiger partial charge in [0.1, 0.15) is 23.9 Å². The van der Waals surface area contributed by atoms with E-state index in [0.29, 0.717) is 44.6 Å². The lowest BCUT2D eigenvalue weighted by molar-refractivity contribution is 0.0881. The van der Waals surface area contributed by atoms with Crippen LogP contribution in [0.5, 0.6) is 5.75 Å². The summed E-state index contributed by atoms with van der Waals surface area (Å²) in [5.41, 5.74) is 2.50. The van der Waals surface area contributed by atoms with E-state index in [1.807, 2.05) is 11.8 Å². The van der Waals surface area contributed by atoms with Crippen molar-refractivity contribution in [2.75, 3.05) is 6.73 Å². The molecule has 0 atom stereocenters. The summed E-state index contributed by atoms with van der Waals surface area (Å²) in [5, 5.41) is 1.58. The van der Waals surface area contributed by atoms with Gasteiger partial charge in [-0.2, -0.15) is 0 Å². The number of ether oxygens (including phenoxy) is 1. The molecule has 0 amide bonds. The third kappa shape index (κ3) is 3.10. The van der Waals surface area contributed by atoms with E-state index in [-0.39, 0.29) is 19.1 Å². The normalized spacial score (nSPS) is 14.3. The predicted octanol–water partition coefficient (Wildman–Crippen LogP) is 5.21. The third-order valence-corrected chi connectivity index (χ3v) is 5.60. The first-order valence-corrected chi connectivity index (χ1v) is 9.16. The van der Waals surface area contributed by atoms with Crippen LogP contribution in [-0.4, -0.2) is 11.6 Å². The molecule has 140 valence electrons. The average molecular weight is 408 g/mol.